The van der Waals surface area contributed by atoms with Gasteiger partial charge >= 0.3 is 0 Å². The van der Waals surface area contributed by atoms with Crippen molar-refractivity contribution in [3.63, 3.8) is 0 Å². The smallest absolute Gasteiger partial charge is 0.0342 e. The highest BCUT2D eigenvalue weighted by atomic mass is 15.1. The maximum Gasteiger partial charge on any atom is 0.0342 e. The van der Waals surface area contributed by atoms with Crippen molar-refractivity contribution >= 4 is 5.69 Å². The average molecular weight is 280 g/mol. The molecule has 1 fully saturated rings. The first kappa shape index (κ1) is 14.2. The molecule has 21 heavy (non-hydrogen) atoms. The van der Waals surface area contributed by atoms with E-state index in [1.54, 1.807) is 0 Å². The van der Waals surface area contributed by atoms with Crippen molar-refractivity contribution < 1.29 is 0 Å². The molecule has 0 amide bonds. The molecular formula is C19H24N2. The zero-order valence-corrected chi connectivity index (χ0v) is 12.8. The number of benzene rings is 2. The van der Waals surface area contributed by atoms with Gasteiger partial charge in [0.2, 0.25) is 0 Å². The van der Waals surface area contributed by atoms with E-state index in [1.807, 2.05) is 0 Å². The second kappa shape index (κ2) is 6.77. The predicted molar refractivity (Wildman–Crippen MR) is 90.6 cm³/mol. The van der Waals surface area contributed by atoms with Crippen LogP contribution >= 0.6 is 0 Å². The molecule has 2 heteroatoms. The third-order valence-corrected chi connectivity index (χ3v) is 4.40. The Hall–Kier alpha value is -1.80. The van der Waals surface area contributed by atoms with Crippen LogP contribution in [-0.2, 0) is 0 Å². The SMILES string of the molecule is CCN1CCC(Nc2ccc(-c3ccccc3)cc2)CC1. The Labute approximate surface area is 127 Å². The van der Waals surface area contributed by atoms with E-state index < -0.39 is 0 Å². The second-order valence-electron chi connectivity index (χ2n) is 5.80. The fourth-order valence-corrected chi connectivity index (χ4v) is 3.02. The largest absolute Gasteiger partial charge is 0.382 e. The predicted octanol–water partition coefficient (Wildman–Crippen LogP) is 4.25. The molecule has 1 aliphatic heterocycles. The van der Waals surface area contributed by atoms with Gasteiger partial charge in [0.15, 0.2) is 0 Å². The maximum absolute atomic E-state index is 3.68. The molecule has 3 rings (SSSR count). The lowest BCUT2D eigenvalue weighted by Crippen LogP contribution is -2.38. The van der Waals surface area contributed by atoms with Gasteiger partial charge in [0, 0.05) is 24.8 Å². The lowest BCUT2D eigenvalue weighted by Gasteiger charge is -2.32. The summed E-state index contributed by atoms with van der Waals surface area (Å²) in [6, 6.07) is 20.0. The quantitative estimate of drug-likeness (QED) is 0.900. The van der Waals surface area contributed by atoms with Gasteiger partial charge in [-0.3, -0.25) is 0 Å². The van der Waals surface area contributed by atoms with E-state index in [0.717, 1.165) is 0 Å². The van der Waals surface area contributed by atoms with E-state index in [2.05, 4.69) is 71.7 Å². The van der Waals surface area contributed by atoms with Gasteiger partial charge in [0.25, 0.3) is 0 Å². The molecule has 0 spiro atoms. The summed E-state index contributed by atoms with van der Waals surface area (Å²) >= 11 is 0. The van der Waals surface area contributed by atoms with E-state index in [4.69, 9.17) is 0 Å². The van der Waals surface area contributed by atoms with Gasteiger partial charge in [-0.1, -0.05) is 49.4 Å². The summed E-state index contributed by atoms with van der Waals surface area (Å²) in [6.45, 7) is 5.86. The standard InChI is InChI=1S/C19H24N2/c1-2-21-14-12-19(13-15-21)20-18-10-8-17(9-11-18)16-6-4-3-5-7-16/h3-11,19-20H,2,12-15H2,1H3. The van der Waals surface area contributed by atoms with Crippen LogP contribution in [0.2, 0.25) is 0 Å². The lowest BCUT2D eigenvalue weighted by molar-refractivity contribution is 0.229. The second-order valence-corrected chi connectivity index (χ2v) is 5.80. The molecule has 0 aromatic heterocycles. The molecule has 0 saturated carbocycles. The Morgan fingerprint density at radius 2 is 1.52 bits per heavy atom. The topological polar surface area (TPSA) is 15.3 Å². The van der Waals surface area contributed by atoms with E-state index >= 15 is 0 Å². The summed E-state index contributed by atoms with van der Waals surface area (Å²) in [5, 5.41) is 3.68. The van der Waals surface area contributed by atoms with Gasteiger partial charge in [-0.25, -0.2) is 0 Å². The number of hydrogen-bond donors (Lipinski definition) is 1. The fraction of sp³-hybridized carbons (Fsp3) is 0.368. The molecule has 0 bridgehead atoms. The molecule has 1 saturated heterocycles. The van der Waals surface area contributed by atoms with Crippen molar-refractivity contribution in [1.82, 2.24) is 4.90 Å². The summed E-state index contributed by atoms with van der Waals surface area (Å²) < 4.78 is 0. The van der Waals surface area contributed by atoms with Gasteiger partial charge in [0.1, 0.15) is 0 Å². The Morgan fingerprint density at radius 3 is 2.14 bits per heavy atom. The summed E-state index contributed by atoms with van der Waals surface area (Å²) in [7, 11) is 0. The first-order valence-electron chi connectivity index (χ1n) is 7.99. The van der Waals surface area contributed by atoms with Crippen LogP contribution in [0.3, 0.4) is 0 Å². The third-order valence-electron chi connectivity index (χ3n) is 4.40. The van der Waals surface area contributed by atoms with Crippen molar-refractivity contribution in [3.05, 3.63) is 54.6 Å². The van der Waals surface area contributed by atoms with Crippen molar-refractivity contribution in [2.75, 3.05) is 25.0 Å². The summed E-state index contributed by atoms with van der Waals surface area (Å²) in [6.07, 6.45) is 2.49. The van der Waals surface area contributed by atoms with Crippen molar-refractivity contribution in [2.45, 2.75) is 25.8 Å². The number of nitrogens with one attached hydrogen (secondary N) is 1. The van der Waals surface area contributed by atoms with Crippen LogP contribution in [0.4, 0.5) is 5.69 Å². The first-order chi connectivity index (χ1) is 10.3. The molecule has 2 aromatic rings. The molecular weight excluding hydrogens is 256 g/mol. The van der Waals surface area contributed by atoms with Crippen LogP contribution in [0.5, 0.6) is 0 Å². The van der Waals surface area contributed by atoms with Crippen LogP contribution in [0.25, 0.3) is 11.1 Å². The lowest BCUT2D eigenvalue weighted by atomic mass is 10.0. The minimum absolute atomic E-state index is 0.621. The van der Waals surface area contributed by atoms with Crippen LogP contribution in [0, 0.1) is 0 Å². The Morgan fingerprint density at radius 1 is 0.905 bits per heavy atom. The highest BCUT2D eigenvalue weighted by Gasteiger charge is 2.17. The van der Waals surface area contributed by atoms with Crippen LogP contribution in [-0.4, -0.2) is 30.6 Å². The molecule has 1 heterocycles. The maximum atomic E-state index is 3.68. The Bertz CT molecular complexity index is 540. The molecule has 1 N–H and O–H groups in total. The Kier molecular flexibility index (Phi) is 4.56. The molecule has 2 aromatic carbocycles. The zero-order valence-electron chi connectivity index (χ0n) is 12.8. The summed E-state index contributed by atoms with van der Waals surface area (Å²) in [4.78, 5) is 2.52. The normalized spacial score (nSPS) is 16.8. The summed E-state index contributed by atoms with van der Waals surface area (Å²) in [5.41, 5.74) is 3.80. The van der Waals surface area contributed by atoms with Crippen LogP contribution < -0.4 is 5.32 Å². The molecule has 110 valence electrons. The molecule has 0 unspecified atom stereocenters. The fourth-order valence-electron chi connectivity index (χ4n) is 3.02. The molecule has 2 nitrogen and oxygen atoms in total. The van der Waals surface area contributed by atoms with Gasteiger partial charge in [-0.2, -0.15) is 0 Å². The van der Waals surface area contributed by atoms with Crippen molar-refractivity contribution in [2.24, 2.45) is 0 Å². The summed E-state index contributed by atoms with van der Waals surface area (Å²) in [5.74, 6) is 0. The van der Waals surface area contributed by atoms with Gasteiger partial charge in [-0.05, 0) is 42.6 Å². The highest BCUT2D eigenvalue weighted by Crippen LogP contribution is 2.22. The van der Waals surface area contributed by atoms with Crippen LogP contribution in [0.1, 0.15) is 19.8 Å². The van der Waals surface area contributed by atoms with Gasteiger partial charge < -0.3 is 10.2 Å². The monoisotopic (exact) mass is 280 g/mol. The number of hydrogen-bond acceptors (Lipinski definition) is 2. The number of likely N-dealkylation sites (tertiary alicyclic amines) is 1. The number of nitrogens with zero attached hydrogens (tertiary/aromatic N) is 1. The number of piperidine rings is 1. The number of anilines is 1. The Balaban J connectivity index is 1.60. The third kappa shape index (κ3) is 3.64. The molecule has 0 aliphatic carbocycles. The average Bonchev–Trinajstić information content (AvgIpc) is 2.57. The van der Waals surface area contributed by atoms with Crippen molar-refractivity contribution in [1.29, 1.82) is 0 Å². The van der Waals surface area contributed by atoms with E-state index in [1.165, 1.54) is 49.3 Å². The highest BCUT2D eigenvalue weighted by molar-refractivity contribution is 5.65. The molecule has 0 atom stereocenters. The molecule has 1 aliphatic rings. The zero-order chi connectivity index (χ0) is 14.5. The molecule has 0 radical (unpaired) electrons. The van der Waals surface area contributed by atoms with E-state index in [-0.39, 0.29) is 0 Å². The minimum atomic E-state index is 0.621. The van der Waals surface area contributed by atoms with Gasteiger partial charge in [-0.15, -0.1) is 0 Å². The van der Waals surface area contributed by atoms with Crippen LogP contribution in [0.15, 0.2) is 54.6 Å². The van der Waals surface area contributed by atoms with E-state index in [0.29, 0.717) is 6.04 Å². The minimum Gasteiger partial charge on any atom is -0.382 e. The van der Waals surface area contributed by atoms with Crippen molar-refractivity contribution in [3.8, 4) is 11.1 Å². The first-order valence-corrected chi connectivity index (χ1v) is 7.99. The number of rotatable bonds is 4. The van der Waals surface area contributed by atoms with E-state index in [9.17, 15) is 0 Å². The van der Waals surface area contributed by atoms with Gasteiger partial charge in [0.05, 0.1) is 0 Å².